The maximum Gasteiger partial charge on any atom is 0.167 e. The highest BCUT2D eigenvalue weighted by Gasteiger charge is 2.48. The third kappa shape index (κ3) is 1.95. The Morgan fingerprint density at radius 3 is 2.56 bits per heavy atom. The smallest absolute Gasteiger partial charge is 0.167 e. The second kappa shape index (κ2) is 3.99. The fraction of sp³-hybridized carbons (Fsp3) is 0.500. The van der Waals surface area contributed by atoms with Crippen LogP contribution in [0.3, 0.4) is 0 Å². The Balaban J connectivity index is 2.11. The fourth-order valence-corrected chi connectivity index (χ4v) is 2.40. The van der Waals surface area contributed by atoms with Crippen molar-refractivity contribution in [3.05, 3.63) is 29.8 Å². The number of hydrogen-bond donors (Lipinski definition) is 0. The molecule has 0 aliphatic heterocycles. The Bertz CT molecular complexity index is 406. The highest BCUT2D eigenvalue weighted by Crippen LogP contribution is 2.47. The number of alkyl halides is 1. The summed E-state index contributed by atoms with van der Waals surface area (Å²) in [7, 11) is 0. The first-order valence-electron chi connectivity index (χ1n) is 5.17. The van der Waals surface area contributed by atoms with E-state index in [0.29, 0.717) is 4.83 Å². The van der Waals surface area contributed by atoms with Crippen LogP contribution in [0.4, 0.5) is 8.78 Å². The lowest BCUT2D eigenvalue weighted by Gasteiger charge is -2.48. The van der Waals surface area contributed by atoms with E-state index in [9.17, 15) is 8.78 Å². The standard InChI is InChI=1S/C12H13BrF2O/c1-12(2)10(13)6-11(12)16-9-4-3-7(14)5-8(9)15/h3-5,10-11H,6H2,1-2H3. The summed E-state index contributed by atoms with van der Waals surface area (Å²) in [6.45, 7) is 4.12. The van der Waals surface area contributed by atoms with Crippen LogP contribution in [0.2, 0.25) is 0 Å². The van der Waals surface area contributed by atoms with Crippen molar-refractivity contribution in [2.45, 2.75) is 31.2 Å². The van der Waals surface area contributed by atoms with Crippen molar-refractivity contribution in [2.24, 2.45) is 5.41 Å². The highest BCUT2D eigenvalue weighted by molar-refractivity contribution is 9.09. The maximum atomic E-state index is 13.3. The molecule has 0 N–H and O–H groups in total. The van der Waals surface area contributed by atoms with E-state index >= 15 is 0 Å². The van der Waals surface area contributed by atoms with E-state index in [1.807, 2.05) is 0 Å². The molecule has 4 heteroatoms. The van der Waals surface area contributed by atoms with Gasteiger partial charge in [-0.05, 0) is 18.6 Å². The van der Waals surface area contributed by atoms with Crippen LogP contribution in [0, 0.1) is 17.0 Å². The lowest BCUT2D eigenvalue weighted by atomic mass is 9.69. The molecule has 0 heterocycles. The van der Waals surface area contributed by atoms with Crippen molar-refractivity contribution >= 4 is 15.9 Å². The minimum Gasteiger partial charge on any atom is -0.487 e. The minimum absolute atomic E-state index is 0.0270. The Hall–Kier alpha value is -0.640. The lowest BCUT2D eigenvalue weighted by Crippen LogP contribution is -2.53. The van der Waals surface area contributed by atoms with E-state index in [-0.39, 0.29) is 17.3 Å². The Kier molecular flexibility index (Phi) is 2.95. The lowest BCUT2D eigenvalue weighted by molar-refractivity contribution is -0.0102. The van der Waals surface area contributed by atoms with Gasteiger partial charge in [0, 0.05) is 16.3 Å². The van der Waals surface area contributed by atoms with Gasteiger partial charge >= 0.3 is 0 Å². The molecule has 0 saturated heterocycles. The molecule has 88 valence electrons. The Morgan fingerprint density at radius 2 is 2.06 bits per heavy atom. The topological polar surface area (TPSA) is 9.23 Å². The van der Waals surface area contributed by atoms with Gasteiger partial charge in [0.25, 0.3) is 0 Å². The Morgan fingerprint density at radius 1 is 1.38 bits per heavy atom. The molecule has 1 aromatic rings. The minimum atomic E-state index is -0.645. The molecule has 0 bridgehead atoms. The summed E-state index contributed by atoms with van der Waals surface area (Å²) in [5.41, 5.74) is -0.0270. The molecule has 1 fully saturated rings. The molecule has 2 atom stereocenters. The fourth-order valence-electron chi connectivity index (χ4n) is 1.76. The monoisotopic (exact) mass is 290 g/mol. The van der Waals surface area contributed by atoms with E-state index in [1.165, 1.54) is 12.1 Å². The molecule has 1 nitrogen and oxygen atoms in total. The van der Waals surface area contributed by atoms with Crippen molar-refractivity contribution in [3.63, 3.8) is 0 Å². The van der Waals surface area contributed by atoms with E-state index in [4.69, 9.17) is 4.74 Å². The summed E-state index contributed by atoms with van der Waals surface area (Å²) >= 11 is 3.53. The van der Waals surface area contributed by atoms with E-state index in [1.54, 1.807) is 0 Å². The number of halogens is 3. The van der Waals surface area contributed by atoms with Gasteiger partial charge in [0.2, 0.25) is 0 Å². The van der Waals surface area contributed by atoms with Gasteiger partial charge in [-0.25, -0.2) is 8.78 Å². The summed E-state index contributed by atoms with van der Waals surface area (Å²) < 4.78 is 31.6. The van der Waals surface area contributed by atoms with Crippen LogP contribution < -0.4 is 4.74 Å². The first-order chi connectivity index (χ1) is 7.41. The van der Waals surface area contributed by atoms with Crippen molar-refractivity contribution in [3.8, 4) is 5.75 Å². The molecule has 0 aromatic heterocycles. The van der Waals surface area contributed by atoms with Gasteiger partial charge in [-0.2, -0.15) is 0 Å². The van der Waals surface area contributed by atoms with Crippen molar-refractivity contribution in [2.75, 3.05) is 0 Å². The van der Waals surface area contributed by atoms with Gasteiger partial charge in [0.15, 0.2) is 11.6 Å². The van der Waals surface area contributed by atoms with E-state index in [2.05, 4.69) is 29.8 Å². The highest BCUT2D eigenvalue weighted by atomic mass is 79.9. The predicted octanol–water partition coefficient (Wildman–Crippen LogP) is 3.91. The third-order valence-corrected chi connectivity index (χ3v) is 4.78. The second-order valence-corrected chi connectivity index (χ2v) is 5.81. The molecule has 1 saturated carbocycles. The van der Waals surface area contributed by atoms with Crippen LogP contribution in [0.1, 0.15) is 20.3 Å². The molecule has 0 spiro atoms. The van der Waals surface area contributed by atoms with Crippen LogP contribution in [0.25, 0.3) is 0 Å². The maximum absolute atomic E-state index is 13.3. The molecule has 0 amide bonds. The molecular formula is C12H13BrF2O. The number of ether oxygens (including phenoxy) is 1. The SMILES string of the molecule is CC1(C)C(Br)CC1Oc1ccc(F)cc1F. The van der Waals surface area contributed by atoms with Gasteiger partial charge in [-0.1, -0.05) is 29.8 Å². The molecule has 1 aromatic carbocycles. The van der Waals surface area contributed by atoms with E-state index < -0.39 is 11.6 Å². The van der Waals surface area contributed by atoms with Gasteiger partial charge < -0.3 is 4.74 Å². The predicted molar refractivity (Wildman–Crippen MR) is 61.9 cm³/mol. The van der Waals surface area contributed by atoms with Crippen LogP contribution in [-0.4, -0.2) is 10.9 Å². The molecule has 0 radical (unpaired) electrons. The van der Waals surface area contributed by atoms with Gasteiger partial charge in [-0.3, -0.25) is 0 Å². The average Bonchev–Trinajstić information content (AvgIpc) is 2.21. The summed E-state index contributed by atoms with van der Waals surface area (Å²) in [6, 6.07) is 3.38. The zero-order valence-electron chi connectivity index (χ0n) is 9.14. The normalized spacial score (nSPS) is 27.3. The molecule has 2 rings (SSSR count). The number of hydrogen-bond acceptors (Lipinski definition) is 1. The van der Waals surface area contributed by atoms with Gasteiger partial charge in [-0.15, -0.1) is 0 Å². The van der Waals surface area contributed by atoms with Crippen LogP contribution in [-0.2, 0) is 0 Å². The van der Waals surface area contributed by atoms with Crippen LogP contribution in [0.15, 0.2) is 18.2 Å². The van der Waals surface area contributed by atoms with Crippen molar-refractivity contribution < 1.29 is 13.5 Å². The molecule has 2 unspecified atom stereocenters. The quantitative estimate of drug-likeness (QED) is 0.751. The Labute approximate surface area is 102 Å². The number of rotatable bonds is 2. The molecule has 1 aliphatic rings. The summed E-state index contributed by atoms with van der Waals surface area (Å²) in [5.74, 6) is -1.11. The second-order valence-electron chi connectivity index (χ2n) is 4.71. The molecule has 16 heavy (non-hydrogen) atoms. The largest absolute Gasteiger partial charge is 0.487 e. The summed E-state index contributed by atoms with van der Waals surface area (Å²) in [5, 5.41) is 0. The average molecular weight is 291 g/mol. The van der Waals surface area contributed by atoms with Crippen molar-refractivity contribution in [1.29, 1.82) is 0 Å². The number of benzene rings is 1. The summed E-state index contributed by atoms with van der Waals surface area (Å²) in [6.07, 6.45) is 0.806. The van der Waals surface area contributed by atoms with Gasteiger partial charge in [0.05, 0.1) is 0 Å². The van der Waals surface area contributed by atoms with Gasteiger partial charge in [0.1, 0.15) is 11.9 Å². The van der Waals surface area contributed by atoms with Crippen LogP contribution in [0.5, 0.6) is 5.75 Å². The zero-order valence-corrected chi connectivity index (χ0v) is 10.7. The summed E-state index contributed by atoms with van der Waals surface area (Å²) in [4.78, 5) is 0.383. The van der Waals surface area contributed by atoms with Crippen molar-refractivity contribution in [1.82, 2.24) is 0 Å². The third-order valence-electron chi connectivity index (χ3n) is 3.22. The zero-order chi connectivity index (χ0) is 11.9. The molecular weight excluding hydrogens is 278 g/mol. The van der Waals surface area contributed by atoms with Crippen LogP contribution >= 0.6 is 15.9 Å². The van der Waals surface area contributed by atoms with E-state index in [0.717, 1.165) is 12.5 Å². The first kappa shape index (κ1) is 11.8. The first-order valence-corrected chi connectivity index (χ1v) is 6.08. The molecule has 1 aliphatic carbocycles.